The van der Waals surface area contributed by atoms with Crippen molar-refractivity contribution >= 4 is 10.9 Å². The molecule has 1 aromatic heterocycles. The van der Waals surface area contributed by atoms with E-state index >= 15 is 0 Å². The molecule has 0 aliphatic carbocycles. The van der Waals surface area contributed by atoms with E-state index in [1.807, 2.05) is 12.3 Å². The SMILES string of the molecule is CCCNCC(C)C(C)c1cccc2cccnc12. The van der Waals surface area contributed by atoms with E-state index in [2.05, 4.69) is 55.3 Å². The first-order valence-corrected chi connectivity index (χ1v) is 7.28. The Labute approximate surface area is 116 Å². The van der Waals surface area contributed by atoms with E-state index in [0.717, 1.165) is 18.6 Å². The lowest BCUT2D eigenvalue weighted by molar-refractivity contribution is 0.449. The molecule has 0 saturated heterocycles. The lowest BCUT2D eigenvalue weighted by atomic mass is 9.87. The topological polar surface area (TPSA) is 24.9 Å². The molecule has 0 aliphatic heterocycles. The van der Waals surface area contributed by atoms with Crippen LogP contribution in [0.25, 0.3) is 10.9 Å². The van der Waals surface area contributed by atoms with Crippen LogP contribution in [-0.2, 0) is 0 Å². The Hall–Kier alpha value is -1.41. The van der Waals surface area contributed by atoms with Gasteiger partial charge >= 0.3 is 0 Å². The second kappa shape index (κ2) is 6.67. The maximum atomic E-state index is 4.56. The highest BCUT2D eigenvalue weighted by atomic mass is 14.8. The van der Waals surface area contributed by atoms with Crippen molar-refractivity contribution < 1.29 is 0 Å². The van der Waals surface area contributed by atoms with Gasteiger partial charge in [-0.05, 0) is 43.0 Å². The standard InChI is InChI=1S/C17H24N2/c1-4-10-18-12-13(2)14(3)16-9-5-7-15-8-6-11-19-17(15)16/h5-9,11,13-14,18H,4,10,12H2,1-3H3. The third-order valence-corrected chi connectivity index (χ3v) is 3.90. The van der Waals surface area contributed by atoms with Gasteiger partial charge in [0.25, 0.3) is 0 Å². The highest BCUT2D eigenvalue weighted by Gasteiger charge is 2.16. The maximum Gasteiger partial charge on any atom is 0.0736 e. The van der Waals surface area contributed by atoms with Crippen molar-refractivity contribution in [1.82, 2.24) is 10.3 Å². The van der Waals surface area contributed by atoms with Crippen LogP contribution in [0, 0.1) is 5.92 Å². The average molecular weight is 256 g/mol. The molecule has 2 nitrogen and oxygen atoms in total. The van der Waals surface area contributed by atoms with E-state index in [1.165, 1.54) is 17.4 Å². The molecule has 2 unspecified atom stereocenters. The van der Waals surface area contributed by atoms with Crippen LogP contribution in [-0.4, -0.2) is 18.1 Å². The molecular weight excluding hydrogens is 232 g/mol. The summed E-state index contributed by atoms with van der Waals surface area (Å²) >= 11 is 0. The van der Waals surface area contributed by atoms with Gasteiger partial charge in [0, 0.05) is 11.6 Å². The first-order valence-electron chi connectivity index (χ1n) is 7.28. The van der Waals surface area contributed by atoms with Crippen LogP contribution in [0.5, 0.6) is 0 Å². The lowest BCUT2D eigenvalue weighted by Gasteiger charge is -2.21. The number of aromatic nitrogens is 1. The Balaban J connectivity index is 2.18. The Morgan fingerprint density at radius 1 is 1.16 bits per heavy atom. The normalized spacial score (nSPS) is 14.5. The van der Waals surface area contributed by atoms with Crippen molar-refractivity contribution in [2.45, 2.75) is 33.1 Å². The second-order valence-corrected chi connectivity index (χ2v) is 5.39. The predicted octanol–water partition coefficient (Wildman–Crippen LogP) is 3.97. The minimum absolute atomic E-state index is 0.517. The Bertz CT molecular complexity index is 516. The third kappa shape index (κ3) is 3.32. The number of rotatable bonds is 6. The monoisotopic (exact) mass is 256 g/mol. The molecule has 19 heavy (non-hydrogen) atoms. The summed E-state index contributed by atoms with van der Waals surface area (Å²) in [6.07, 6.45) is 3.08. The van der Waals surface area contributed by atoms with Crippen molar-refractivity contribution in [3.8, 4) is 0 Å². The van der Waals surface area contributed by atoms with E-state index in [-0.39, 0.29) is 0 Å². The van der Waals surface area contributed by atoms with E-state index in [0.29, 0.717) is 11.8 Å². The Kier molecular flexibility index (Phi) is 4.92. The molecule has 0 amide bonds. The molecule has 0 fully saturated rings. The van der Waals surface area contributed by atoms with Crippen molar-refractivity contribution in [3.05, 3.63) is 42.1 Å². The number of nitrogens with zero attached hydrogens (tertiary/aromatic N) is 1. The number of hydrogen-bond acceptors (Lipinski definition) is 2. The minimum atomic E-state index is 0.517. The number of nitrogens with one attached hydrogen (secondary N) is 1. The first kappa shape index (κ1) is 14.0. The maximum absolute atomic E-state index is 4.56. The molecule has 2 atom stereocenters. The van der Waals surface area contributed by atoms with E-state index in [4.69, 9.17) is 0 Å². The largest absolute Gasteiger partial charge is 0.316 e. The smallest absolute Gasteiger partial charge is 0.0736 e. The fourth-order valence-corrected chi connectivity index (χ4v) is 2.49. The zero-order chi connectivity index (χ0) is 13.7. The van der Waals surface area contributed by atoms with Crippen molar-refractivity contribution in [2.75, 3.05) is 13.1 Å². The predicted molar refractivity (Wildman–Crippen MR) is 82.5 cm³/mol. The molecule has 0 bridgehead atoms. The van der Waals surface area contributed by atoms with Gasteiger partial charge in [-0.25, -0.2) is 0 Å². The number of fused-ring (bicyclic) bond motifs is 1. The molecule has 2 heteroatoms. The van der Waals surface area contributed by atoms with Gasteiger partial charge in [0.05, 0.1) is 5.52 Å². The quantitative estimate of drug-likeness (QED) is 0.791. The minimum Gasteiger partial charge on any atom is -0.316 e. The number of benzene rings is 1. The van der Waals surface area contributed by atoms with Gasteiger partial charge in [0.1, 0.15) is 0 Å². The zero-order valence-electron chi connectivity index (χ0n) is 12.2. The summed E-state index contributed by atoms with van der Waals surface area (Å²) in [5, 5.41) is 4.75. The van der Waals surface area contributed by atoms with Crippen LogP contribution in [0.1, 0.15) is 38.7 Å². The lowest BCUT2D eigenvalue weighted by Crippen LogP contribution is -2.25. The second-order valence-electron chi connectivity index (χ2n) is 5.39. The first-order chi connectivity index (χ1) is 9.24. The van der Waals surface area contributed by atoms with Gasteiger partial charge in [0.2, 0.25) is 0 Å². The van der Waals surface area contributed by atoms with Crippen LogP contribution in [0.3, 0.4) is 0 Å². The molecular formula is C17H24N2. The number of pyridine rings is 1. The summed E-state index contributed by atoms with van der Waals surface area (Å²) in [6.45, 7) is 9.00. The summed E-state index contributed by atoms with van der Waals surface area (Å²) in [7, 11) is 0. The van der Waals surface area contributed by atoms with E-state index in [9.17, 15) is 0 Å². The number of para-hydroxylation sites is 1. The van der Waals surface area contributed by atoms with Crippen LogP contribution in [0.4, 0.5) is 0 Å². The van der Waals surface area contributed by atoms with Crippen molar-refractivity contribution in [2.24, 2.45) is 5.92 Å². The van der Waals surface area contributed by atoms with Crippen LogP contribution in [0.15, 0.2) is 36.5 Å². The summed E-state index contributed by atoms with van der Waals surface area (Å²) in [6, 6.07) is 10.6. The number of hydrogen-bond donors (Lipinski definition) is 1. The fraction of sp³-hybridized carbons (Fsp3) is 0.471. The Morgan fingerprint density at radius 3 is 2.74 bits per heavy atom. The van der Waals surface area contributed by atoms with Gasteiger partial charge in [-0.1, -0.05) is 45.0 Å². The fourth-order valence-electron chi connectivity index (χ4n) is 2.49. The van der Waals surface area contributed by atoms with E-state index in [1.54, 1.807) is 0 Å². The van der Waals surface area contributed by atoms with Gasteiger partial charge in [-0.2, -0.15) is 0 Å². The molecule has 0 aliphatic rings. The zero-order valence-corrected chi connectivity index (χ0v) is 12.2. The summed E-state index contributed by atoms with van der Waals surface area (Å²) in [4.78, 5) is 4.56. The Morgan fingerprint density at radius 2 is 1.95 bits per heavy atom. The molecule has 0 spiro atoms. The summed E-state index contributed by atoms with van der Waals surface area (Å²) < 4.78 is 0. The highest BCUT2D eigenvalue weighted by Crippen LogP contribution is 2.28. The van der Waals surface area contributed by atoms with Gasteiger partial charge in [-0.3, -0.25) is 4.98 Å². The summed E-state index contributed by atoms with van der Waals surface area (Å²) in [5.41, 5.74) is 2.52. The van der Waals surface area contributed by atoms with Gasteiger partial charge < -0.3 is 5.32 Å². The molecule has 0 radical (unpaired) electrons. The van der Waals surface area contributed by atoms with Crippen LogP contribution < -0.4 is 5.32 Å². The van der Waals surface area contributed by atoms with Crippen LogP contribution >= 0.6 is 0 Å². The van der Waals surface area contributed by atoms with E-state index < -0.39 is 0 Å². The highest BCUT2D eigenvalue weighted by molar-refractivity contribution is 5.82. The molecule has 2 aromatic rings. The summed E-state index contributed by atoms with van der Waals surface area (Å²) in [5.74, 6) is 1.13. The molecule has 102 valence electrons. The van der Waals surface area contributed by atoms with Gasteiger partial charge in [-0.15, -0.1) is 0 Å². The van der Waals surface area contributed by atoms with Crippen LogP contribution in [0.2, 0.25) is 0 Å². The molecule has 0 saturated carbocycles. The molecule has 1 N–H and O–H groups in total. The molecule has 2 rings (SSSR count). The van der Waals surface area contributed by atoms with Crippen molar-refractivity contribution in [1.29, 1.82) is 0 Å². The average Bonchev–Trinajstić information content (AvgIpc) is 2.46. The third-order valence-electron chi connectivity index (χ3n) is 3.90. The molecule has 1 heterocycles. The molecule has 1 aromatic carbocycles. The van der Waals surface area contributed by atoms with Crippen molar-refractivity contribution in [3.63, 3.8) is 0 Å². The van der Waals surface area contributed by atoms with Gasteiger partial charge in [0.15, 0.2) is 0 Å².